The molecule has 20 heavy (non-hydrogen) atoms. The van der Waals surface area contributed by atoms with Crippen LogP contribution in [0.15, 0.2) is 0 Å². The maximum Gasteiger partial charge on any atom is 0.0468 e. The van der Waals surface area contributed by atoms with Crippen molar-refractivity contribution >= 4 is 0 Å². The van der Waals surface area contributed by atoms with E-state index in [0.717, 1.165) is 19.1 Å². The summed E-state index contributed by atoms with van der Waals surface area (Å²) < 4.78 is 5.55. The van der Waals surface area contributed by atoms with Gasteiger partial charge >= 0.3 is 0 Å². The van der Waals surface area contributed by atoms with Gasteiger partial charge in [-0.15, -0.1) is 0 Å². The van der Waals surface area contributed by atoms with Gasteiger partial charge in [0.15, 0.2) is 0 Å². The minimum Gasteiger partial charge on any atom is -0.382 e. The summed E-state index contributed by atoms with van der Waals surface area (Å²) in [4.78, 5) is 0. The summed E-state index contributed by atoms with van der Waals surface area (Å²) in [5.41, 5.74) is 0. The van der Waals surface area contributed by atoms with Crippen molar-refractivity contribution in [2.24, 2.45) is 5.92 Å². The molecule has 0 fully saturated rings. The Balaban J connectivity index is 3.62. The SMILES string of the molecule is CCCCCCCCC(CCCCCC)CCOCC. The normalized spacial score (nSPS) is 12.8. The van der Waals surface area contributed by atoms with Crippen molar-refractivity contribution in [1.29, 1.82) is 0 Å². The monoisotopic (exact) mass is 284 g/mol. The lowest BCUT2D eigenvalue weighted by atomic mass is 9.92. The second kappa shape index (κ2) is 17.0. The third-order valence-corrected chi connectivity index (χ3v) is 4.31. The van der Waals surface area contributed by atoms with Crippen LogP contribution in [-0.2, 0) is 4.74 Å². The van der Waals surface area contributed by atoms with Crippen LogP contribution >= 0.6 is 0 Å². The highest BCUT2D eigenvalue weighted by molar-refractivity contribution is 4.61. The van der Waals surface area contributed by atoms with Crippen molar-refractivity contribution < 1.29 is 4.74 Å². The van der Waals surface area contributed by atoms with Gasteiger partial charge in [0.05, 0.1) is 0 Å². The number of hydrogen-bond donors (Lipinski definition) is 0. The van der Waals surface area contributed by atoms with Gasteiger partial charge in [-0.25, -0.2) is 0 Å². The van der Waals surface area contributed by atoms with E-state index in [0.29, 0.717) is 0 Å². The fourth-order valence-electron chi connectivity index (χ4n) is 2.90. The Hall–Kier alpha value is -0.0400. The molecule has 0 heterocycles. The van der Waals surface area contributed by atoms with Crippen molar-refractivity contribution in [3.05, 3.63) is 0 Å². The van der Waals surface area contributed by atoms with Crippen molar-refractivity contribution in [1.82, 2.24) is 0 Å². The summed E-state index contributed by atoms with van der Waals surface area (Å²) in [7, 11) is 0. The number of unbranched alkanes of at least 4 members (excludes halogenated alkanes) is 8. The van der Waals surface area contributed by atoms with E-state index < -0.39 is 0 Å². The lowest BCUT2D eigenvalue weighted by Gasteiger charge is -2.16. The Kier molecular flexibility index (Phi) is 17.0. The molecule has 0 aliphatic heterocycles. The minimum atomic E-state index is 0.875. The van der Waals surface area contributed by atoms with E-state index in [2.05, 4.69) is 20.8 Å². The molecular formula is C19H40O. The summed E-state index contributed by atoms with van der Waals surface area (Å²) >= 11 is 0. The van der Waals surface area contributed by atoms with E-state index in [1.165, 1.54) is 83.5 Å². The molecule has 1 heteroatoms. The average Bonchev–Trinajstić information content (AvgIpc) is 2.46. The van der Waals surface area contributed by atoms with Crippen LogP contribution in [0.5, 0.6) is 0 Å². The lowest BCUT2D eigenvalue weighted by Crippen LogP contribution is -2.06. The minimum absolute atomic E-state index is 0.875. The fourth-order valence-corrected chi connectivity index (χ4v) is 2.90. The predicted molar refractivity (Wildman–Crippen MR) is 91.4 cm³/mol. The summed E-state index contributed by atoms with van der Waals surface area (Å²) in [6.45, 7) is 8.54. The molecule has 0 amide bonds. The molecule has 0 spiro atoms. The van der Waals surface area contributed by atoms with Gasteiger partial charge in [-0.05, 0) is 19.3 Å². The van der Waals surface area contributed by atoms with E-state index >= 15 is 0 Å². The first-order chi connectivity index (χ1) is 9.85. The summed E-state index contributed by atoms with van der Waals surface area (Å²) in [5.74, 6) is 0.921. The van der Waals surface area contributed by atoms with Crippen LogP contribution < -0.4 is 0 Å². The van der Waals surface area contributed by atoms with Gasteiger partial charge in [-0.3, -0.25) is 0 Å². The Morgan fingerprint density at radius 2 is 1.10 bits per heavy atom. The summed E-state index contributed by atoms with van der Waals surface area (Å²) in [5, 5.41) is 0. The van der Waals surface area contributed by atoms with Crippen LogP contribution in [0.3, 0.4) is 0 Å². The topological polar surface area (TPSA) is 9.23 Å². The third-order valence-electron chi connectivity index (χ3n) is 4.31. The number of hydrogen-bond acceptors (Lipinski definition) is 1. The predicted octanol–water partition coefficient (Wildman–Crippen LogP) is 6.75. The molecule has 0 rings (SSSR count). The zero-order valence-corrected chi connectivity index (χ0v) is 14.6. The maximum atomic E-state index is 5.55. The smallest absolute Gasteiger partial charge is 0.0468 e. The van der Waals surface area contributed by atoms with Crippen LogP contribution in [0.4, 0.5) is 0 Å². The zero-order chi connectivity index (χ0) is 14.9. The van der Waals surface area contributed by atoms with Crippen LogP contribution in [-0.4, -0.2) is 13.2 Å². The summed E-state index contributed by atoms with van der Waals surface area (Å²) in [6.07, 6.45) is 18.3. The Morgan fingerprint density at radius 1 is 0.600 bits per heavy atom. The second-order valence-corrected chi connectivity index (χ2v) is 6.26. The van der Waals surface area contributed by atoms with Crippen LogP contribution in [0.25, 0.3) is 0 Å². The largest absolute Gasteiger partial charge is 0.382 e. The molecule has 0 bridgehead atoms. The molecule has 1 atom stereocenters. The van der Waals surface area contributed by atoms with Crippen molar-refractivity contribution in [3.63, 3.8) is 0 Å². The van der Waals surface area contributed by atoms with Crippen LogP contribution in [0, 0.1) is 5.92 Å². The fraction of sp³-hybridized carbons (Fsp3) is 1.00. The molecule has 0 aromatic heterocycles. The molecule has 122 valence electrons. The van der Waals surface area contributed by atoms with E-state index in [1.54, 1.807) is 0 Å². The molecule has 0 aromatic rings. The molecule has 0 saturated carbocycles. The van der Waals surface area contributed by atoms with Gasteiger partial charge in [-0.2, -0.15) is 0 Å². The zero-order valence-electron chi connectivity index (χ0n) is 14.6. The first-order valence-corrected chi connectivity index (χ1v) is 9.42. The molecule has 0 saturated heterocycles. The van der Waals surface area contributed by atoms with Crippen LogP contribution in [0.1, 0.15) is 104 Å². The molecule has 0 aliphatic carbocycles. The number of rotatable bonds is 16. The quantitative estimate of drug-likeness (QED) is 0.285. The molecular weight excluding hydrogens is 244 g/mol. The van der Waals surface area contributed by atoms with Gasteiger partial charge in [0.1, 0.15) is 0 Å². The average molecular weight is 285 g/mol. The highest BCUT2D eigenvalue weighted by Crippen LogP contribution is 2.21. The molecule has 1 nitrogen and oxygen atoms in total. The molecule has 0 aromatic carbocycles. The van der Waals surface area contributed by atoms with E-state index in [1.807, 2.05) is 0 Å². The standard InChI is InChI=1S/C19H40O/c1-4-7-9-11-12-14-16-19(17-18-20-6-3)15-13-10-8-5-2/h19H,4-18H2,1-3H3. The Bertz CT molecular complexity index is 167. The van der Waals surface area contributed by atoms with E-state index in [4.69, 9.17) is 4.74 Å². The maximum absolute atomic E-state index is 5.55. The van der Waals surface area contributed by atoms with Gasteiger partial charge in [0.2, 0.25) is 0 Å². The second-order valence-electron chi connectivity index (χ2n) is 6.26. The van der Waals surface area contributed by atoms with Gasteiger partial charge in [0.25, 0.3) is 0 Å². The van der Waals surface area contributed by atoms with Crippen molar-refractivity contribution in [2.75, 3.05) is 13.2 Å². The Morgan fingerprint density at radius 3 is 1.65 bits per heavy atom. The first-order valence-electron chi connectivity index (χ1n) is 9.42. The molecule has 1 unspecified atom stereocenters. The molecule has 0 N–H and O–H groups in total. The molecule has 0 radical (unpaired) electrons. The van der Waals surface area contributed by atoms with Crippen LogP contribution in [0.2, 0.25) is 0 Å². The van der Waals surface area contributed by atoms with Gasteiger partial charge < -0.3 is 4.74 Å². The highest BCUT2D eigenvalue weighted by Gasteiger charge is 2.08. The molecule has 0 aliphatic rings. The van der Waals surface area contributed by atoms with Crippen molar-refractivity contribution in [3.8, 4) is 0 Å². The van der Waals surface area contributed by atoms with Gasteiger partial charge in [0, 0.05) is 13.2 Å². The highest BCUT2D eigenvalue weighted by atomic mass is 16.5. The third kappa shape index (κ3) is 14.4. The van der Waals surface area contributed by atoms with E-state index in [-0.39, 0.29) is 0 Å². The van der Waals surface area contributed by atoms with E-state index in [9.17, 15) is 0 Å². The lowest BCUT2D eigenvalue weighted by molar-refractivity contribution is 0.128. The van der Waals surface area contributed by atoms with Gasteiger partial charge in [-0.1, -0.05) is 90.9 Å². The van der Waals surface area contributed by atoms with Crippen molar-refractivity contribution in [2.45, 2.75) is 104 Å². The number of ether oxygens (including phenoxy) is 1. The Labute approximate surface area is 128 Å². The first kappa shape index (κ1) is 20.0. The summed E-state index contributed by atoms with van der Waals surface area (Å²) in [6, 6.07) is 0.